The van der Waals surface area contributed by atoms with Crippen LogP contribution in [0.25, 0.3) is 6.08 Å². The Bertz CT molecular complexity index is 452. The van der Waals surface area contributed by atoms with Crippen molar-refractivity contribution in [1.82, 2.24) is 4.98 Å². The molecule has 2 N–H and O–H groups in total. The Balaban J connectivity index is 2.42. The van der Waals surface area contributed by atoms with Crippen LogP contribution in [0.1, 0.15) is 4.88 Å². The van der Waals surface area contributed by atoms with Gasteiger partial charge in [0, 0.05) is 0 Å². The predicted molar refractivity (Wildman–Crippen MR) is 48.6 cm³/mol. The van der Waals surface area contributed by atoms with E-state index in [4.69, 9.17) is 0 Å². The monoisotopic (exact) mass is 195 g/mol. The summed E-state index contributed by atoms with van der Waals surface area (Å²) in [6.07, 6.45) is 4.81. The number of H-pyrrole nitrogens is 1. The average Bonchev–Trinajstić information content (AvgIpc) is 2.63. The molecule has 5 nitrogen and oxygen atoms in total. The van der Waals surface area contributed by atoms with Crippen molar-refractivity contribution >= 4 is 17.4 Å². The standard InChI is InChI=1S/C7H5N3O2S/c11-6-5(13-7(12)9-6)3-4-1-2-8-10-4/h1-3,11H,(H,9,12). The number of rotatable bonds is 1. The largest absolute Gasteiger partial charge is 0.493 e. The molecule has 0 saturated heterocycles. The molecule has 6 heteroatoms. The quantitative estimate of drug-likeness (QED) is 0.711. The minimum atomic E-state index is -0.289. The van der Waals surface area contributed by atoms with Crippen molar-refractivity contribution in [3.8, 4) is 5.88 Å². The van der Waals surface area contributed by atoms with Crippen LogP contribution in [0.3, 0.4) is 0 Å². The molecular formula is C7H5N3O2S. The van der Waals surface area contributed by atoms with E-state index in [2.05, 4.69) is 15.2 Å². The highest BCUT2D eigenvalue weighted by atomic mass is 32.1. The van der Waals surface area contributed by atoms with E-state index in [0.29, 0.717) is 10.6 Å². The first-order valence-electron chi connectivity index (χ1n) is 3.47. The van der Waals surface area contributed by atoms with Crippen LogP contribution in [0.2, 0.25) is 0 Å². The SMILES string of the molecule is O=c1[nH]c(O)c(C=C2C=CN=N2)s1. The number of thiazole rings is 1. The van der Waals surface area contributed by atoms with Crippen LogP contribution < -0.4 is 4.87 Å². The van der Waals surface area contributed by atoms with Crippen LogP contribution in [-0.2, 0) is 0 Å². The fraction of sp³-hybridized carbons (Fsp3) is 0. The maximum Gasteiger partial charge on any atom is 0.307 e. The summed E-state index contributed by atoms with van der Waals surface area (Å²) in [6.45, 7) is 0. The lowest BCUT2D eigenvalue weighted by molar-refractivity contribution is 0.455. The smallest absolute Gasteiger partial charge is 0.307 e. The van der Waals surface area contributed by atoms with E-state index in [0.717, 1.165) is 11.3 Å². The Morgan fingerprint density at radius 3 is 3.00 bits per heavy atom. The Morgan fingerprint density at radius 2 is 2.46 bits per heavy atom. The van der Waals surface area contributed by atoms with Gasteiger partial charge in [0.25, 0.3) is 0 Å². The molecule has 1 aromatic heterocycles. The van der Waals surface area contributed by atoms with Crippen molar-refractivity contribution in [2.75, 3.05) is 0 Å². The molecule has 1 aliphatic rings. The van der Waals surface area contributed by atoms with Gasteiger partial charge >= 0.3 is 4.87 Å². The molecule has 0 radical (unpaired) electrons. The third kappa shape index (κ3) is 1.57. The van der Waals surface area contributed by atoms with Crippen LogP contribution in [0, 0.1) is 0 Å². The lowest BCUT2D eigenvalue weighted by Gasteiger charge is -1.87. The number of nitrogens with zero attached hydrogens (tertiary/aromatic N) is 2. The number of aromatic amines is 1. The molecule has 0 amide bonds. The minimum Gasteiger partial charge on any atom is -0.493 e. The summed E-state index contributed by atoms with van der Waals surface area (Å²) in [5, 5.41) is 16.5. The van der Waals surface area contributed by atoms with Crippen molar-refractivity contribution < 1.29 is 5.11 Å². The van der Waals surface area contributed by atoms with E-state index in [1.54, 1.807) is 12.2 Å². The lowest BCUT2D eigenvalue weighted by Crippen LogP contribution is -1.89. The zero-order valence-corrected chi connectivity index (χ0v) is 7.21. The molecule has 0 atom stereocenters. The summed E-state index contributed by atoms with van der Waals surface area (Å²) in [4.78, 5) is 13.2. The fourth-order valence-electron chi connectivity index (χ4n) is 0.884. The maximum atomic E-state index is 10.8. The molecule has 1 aromatic rings. The number of hydrogen-bond acceptors (Lipinski definition) is 5. The zero-order chi connectivity index (χ0) is 9.26. The number of azo groups is 1. The molecule has 2 rings (SSSR count). The van der Waals surface area contributed by atoms with Gasteiger partial charge in [0.2, 0.25) is 5.88 Å². The normalized spacial score (nSPS) is 17.4. The number of allylic oxidation sites excluding steroid dienone is 1. The van der Waals surface area contributed by atoms with Crippen molar-refractivity contribution in [3.63, 3.8) is 0 Å². The number of aromatic hydroxyl groups is 1. The maximum absolute atomic E-state index is 10.8. The summed E-state index contributed by atoms with van der Waals surface area (Å²) in [5.41, 5.74) is 0.616. The van der Waals surface area contributed by atoms with Crippen molar-refractivity contribution in [2.24, 2.45) is 10.2 Å². The third-order valence-corrected chi connectivity index (χ3v) is 2.24. The van der Waals surface area contributed by atoms with Gasteiger partial charge in [-0.05, 0) is 12.2 Å². The Kier molecular flexibility index (Phi) is 1.82. The average molecular weight is 195 g/mol. The second-order valence-electron chi connectivity index (χ2n) is 2.33. The highest BCUT2D eigenvalue weighted by Gasteiger charge is 2.05. The van der Waals surface area contributed by atoms with Gasteiger partial charge < -0.3 is 5.11 Å². The number of aromatic nitrogens is 1. The first-order chi connectivity index (χ1) is 6.25. The third-order valence-electron chi connectivity index (χ3n) is 1.42. The van der Waals surface area contributed by atoms with E-state index < -0.39 is 0 Å². The van der Waals surface area contributed by atoms with Gasteiger partial charge in [-0.25, -0.2) is 0 Å². The zero-order valence-electron chi connectivity index (χ0n) is 6.39. The van der Waals surface area contributed by atoms with E-state index in [9.17, 15) is 9.90 Å². The fourth-order valence-corrected chi connectivity index (χ4v) is 1.56. The van der Waals surface area contributed by atoms with Gasteiger partial charge in [-0.2, -0.15) is 10.2 Å². The summed E-state index contributed by atoms with van der Waals surface area (Å²) in [5.74, 6) is -0.127. The molecule has 0 aliphatic carbocycles. The Hall–Kier alpha value is -1.69. The molecule has 0 bridgehead atoms. The van der Waals surface area contributed by atoms with Crippen molar-refractivity contribution in [3.05, 3.63) is 32.5 Å². The van der Waals surface area contributed by atoms with Crippen LogP contribution in [-0.4, -0.2) is 10.1 Å². The van der Waals surface area contributed by atoms with Gasteiger partial charge in [0.05, 0.1) is 16.8 Å². The predicted octanol–water partition coefficient (Wildman–Crippen LogP) is 1.46. The summed E-state index contributed by atoms with van der Waals surface area (Å²) in [6, 6.07) is 0. The van der Waals surface area contributed by atoms with E-state index >= 15 is 0 Å². The first-order valence-corrected chi connectivity index (χ1v) is 4.28. The summed E-state index contributed by atoms with van der Waals surface area (Å²) in [7, 11) is 0. The topological polar surface area (TPSA) is 77.8 Å². The molecule has 13 heavy (non-hydrogen) atoms. The number of hydrogen-bond donors (Lipinski definition) is 2. The Morgan fingerprint density at radius 1 is 1.62 bits per heavy atom. The second kappa shape index (κ2) is 2.98. The molecule has 0 saturated carbocycles. The van der Waals surface area contributed by atoms with Crippen LogP contribution in [0.5, 0.6) is 5.88 Å². The van der Waals surface area contributed by atoms with Gasteiger partial charge in [-0.15, -0.1) is 0 Å². The van der Waals surface area contributed by atoms with Gasteiger partial charge in [-0.1, -0.05) is 11.3 Å². The van der Waals surface area contributed by atoms with E-state index in [-0.39, 0.29) is 10.8 Å². The molecule has 0 unspecified atom stereocenters. The summed E-state index contributed by atoms with van der Waals surface area (Å²) >= 11 is 0.928. The first kappa shape index (κ1) is 7.93. The highest BCUT2D eigenvalue weighted by Crippen LogP contribution is 2.21. The lowest BCUT2D eigenvalue weighted by atomic mass is 10.3. The van der Waals surface area contributed by atoms with Crippen molar-refractivity contribution in [2.45, 2.75) is 0 Å². The molecule has 0 fully saturated rings. The van der Waals surface area contributed by atoms with Crippen LogP contribution >= 0.6 is 11.3 Å². The van der Waals surface area contributed by atoms with E-state index in [1.165, 1.54) is 6.20 Å². The van der Waals surface area contributed by atoms with Crippen LogP contribution in [0.4, 0.5) is 0 Å². The van der Waals surface area contributed by atoms with E-state index in [1.807, 2.05) is 0 Å². The number of nitrogens with one attached hydrogen (secondary N) is 1. The van der Waals surface area contributed by atoms with Gasteiger partial charge in [0.1, 0.15) is 0 Å². The molecule has 2 heterocycles. The molecule has 66 valence electrons. The molecule has 0 aromatic carbocycles. The van der Waals surface area contributed by atoms with Gasteiger partial charge in [-0.3, -0.25) is 9.78 Å². The molecule has 1 aliphatic heterocycles. The highest BCUT2D eigenvalue weighted by molar-refractivity contribution is 7.10. The molecular weight excluding hydrogens is 190 g/mol. The Labute approximate surface area is 76.8 Å². The minimum absolute atomic E-state index is 0.127. The van der Waals surface area contributed by atoms with Gasteiger partial charge in [0.15, 0.2) is 0 Å². The van der Waals surface area contributed by atoms with Crippen molar-refractivity contribution in [1.29, 1.82) is 0 Å². The second-order valence-corrected chi connectivity index (χ2v) is 3.34. The summed E-state index contributed by atoms with van der Waals surface area (Å²) < 4.78 is 0. The molecule has 0 spiro atoms. The van der Waals surface area contributed by atoms with Crippen LogP contribution in [0.15, 0.2) is 33.0 Å².